The molecule has 16 heavy (non-hydrogen) atoms. The summed E-state index contributed by atoms with van der Waals surface area (Å²) in [6, 6.07) is 5.48. The molecule has 0 atom stereocenters. The lowest BCUT2D eigenvalue weighted by molar-refractivity contribution is 0.456. The first-order valence-corrected chi connectivity index (χ1v) is 4.98. The van der Waals surface area contributed by atoms with Gasteiger partial charge in [-0.25, -0.2) is 4.98 Å². The van der Waals surface area contributed by atoms with Crippen molar-refractivity contribution in [2.75, 3.05) is 5.73 Å². The number of aryl methyl sites for hydroxylation is 2. The standard InChI is InChI=1S/C12H13N3O/c1-8-5-10(13)3-4-11(8)16-12-7-14-9(2)6-15-12/h3-7H,13H2,1-2H3. The van der Waals surface area contributed by atoms with E-state index >= 15 is 0 Å². The molecular weight excluding hydrogens is 202 g/mol. The van der Waals surface area contributed by atoms with Crippen molar-refractivity contribution in [3.8, 4) is 11.6 Å². The predicted octanol–water partition coefficient (Wildman–Crippen LogP) is 2.47. The van der Waals surface area contributed by atoms with Crippen LogP contribution in [0.4, 0.5) is 5.69 Å². The van der Waals surface area contributed by atoms with E-state index in [-0.39, 0.29) is 0 Å². The Bertz CT molecular complexity index is 494. The Hall–Kier alpha value is -2.10. The van der Waals surface area contributed by atoms with Crippen LogP contribution in [0.2, 0.25) is 0 Å². The number of nitrogens with zero attached hydrogens (tertiary/aromatic N) is 2. The molecule has 0 unspecified atom stereocenters. The van der Waals surface area contributed by atoms with Crippen molar-refractivity contribution in [2.24, 2.45) is 0 Å². The third-order valence-electron chi connectivity index (χ3n) is 2.17. The topological polar surface area (TPSA) is 61.0 Å². The summed E-state index contributed by atoms with van der Waals surface area (Å²) in [5.74, 6) is 1.23. The van der Waals surface area contributed by atoms with E-state index in [9.17, 15) is 0 Å². The van der Waals surface area contributed by atoms with E-state index in [4.69, 9.17) is 10.5 Å². The average Bonchev–Trinajstić information content (AvgIpc) is 2.25. The smallest absolute Gasteiger partial charge is 0.237 e. The molecule has 4 nitrogen and oxygen atoms in total. The van der Waals surface area contributed by atoms with Gasteiger partial charge in [0.15, 0.2) is 0 Å². The third kappa shape index (κ3) is 2.28. The van der Waals surface area contributed by atoms with Crippen LogP contribution in [-0.2, 0) is 0 Å². The monoisotopic (exact) mass is 215 g/mol. The summed E-state index contributed by atoms with van der Waals surface area (Å²) >= 11 is 0. The molecule has 2 aromatic rings. The highest BCUT2D eigenvalue weighted by Gasteiger charge is 2.02. The molecule has 0 aliphatic rings. The Morgan fingerprint density at radius 1 is 1.12 bits per heavy atom. The number of aromatic nitrogens is 2. The van der Waals surface area contributed by atoms with Gasteiger partial charge >= 0.3 is 0 Å². The molecule has 1 aromatic heterocycles. The van der Waals surface area contributed by atoms with Crippen molar-refractivity contribution in [3.63, 3.8) is 0 Å². The summed E-state index contributed by atoms with van der Waals surface area (Å²) in [5.41, 5.74) is 8.22. The van der Waals surface area contributed by atoms with Gasteiger partial charge in [0.2, 0.25) is 5.88 Å². The first kappa shape index (κ1) is 10.4. The summed E-state index contributed by atoms with van der Waals surface area (Å²) in [6.07, 6.45) is 3.27. The predicted molar refractivity (Wildman–Crippen MR) is 62.4 cm³/mol. The van der Waals surface area contributed by atoms with E-state index in [2.05, 4.69) is 9.97 Å². The Labute approximate surface area is 94.1 Å². The van der Waals surface area contributed by atoms with Crippen LogP contribution in [0.15, 0.2) is 30.6 Å². The molecule has 0 aliphatic carbocycles. The quantitative estimate of drug-likeness (QED) is 0.782. The number of ether oxygens (including phenoxy) is 1. The second-order valence-corrected chi connectivity index (χ2v) is 3.62. The zero-order valence-corrected chi connectivity index (χ0v) is 9.27. The van der Waals surface area contributed by atoms with Gasteiger partial charge in [-0.2, -0.15) is 0 Å². The first-order valence-electron chi connectivity index (χ1n) is 4.98. The summed E-state index contributed by atoms with van der Waals surface area (Å²) in [6.45, 7) is 3.82. The van der Waals surface area contributed by atoms with Gasteiger partial charge in [-0.15, -0.1) is 0 Å². The maximum absolute atomic E-state index is 5.66. The highest BCUT2D eigenvalue weighted by molar-refractivity contribution is 5.47. The van der Waals surface area contributed by atoms with Crippen LogP contribution >= 0.6 is 0 Å². The lowest BCUT2D eigenvalue weighted by atomic mass is 10.2. The molecule has 1 aromatic carbocycles. The highest BCUT2D eigenvalue weighted by atomic mass is 16.5. The number of hydrogen-bond acceptors (Lipinski definition) is 4. The van der Waals surface area contributed by atoms with E-state index < -0.39 is 0 Å². The largest absolute Gasteiger partial charge is 0.437 e. The Morgan fingerprint density at radius 2 is 1.94 bits per heavy atom. The third-order valence-corrected chi connectivity index (χ3v) is 2.17. The summed E-state index contributed by atoms with van der Waals surface area (Å²) in [7, 11) is 0. The molecule has 0 fully saturated rings. The van der Waals surface area contributed by atoms with E-state index in [1.165, 1.54) is 0 Å². The molecule has 0 aliphatic heterocycles. The summed E-state index contributed by atoms with van der Waals surface area (Å²) in [5, 5.41) is 0. The Morgan fingerprint density at radius 3 is 2.56 bits per heavy atom. The van der Waals surface area contributed by atoms with E-state index in [1.807, 2.05) is 26.0 Å². The van der Waals surface area contributed by atoms with Gasteiger partial charge in [-0.3, -0.25) is 4.98 Å². The molecular formula is C12H13N3O. The molecule has 0 saturated heterocycles. The molecule has 1 heterocycles. The van der Waals surface area contributed by atoms with E-state index in [1.54, 1.807) is 18.5 Å². The van der Waals surface area contributed by atoms with Crippen molar-refractivity contribution in [2.45, 2.75) is 13.8 Å². The van der Waals surface area contributed by atoms with Gasteiger partial charge in [0.05, 0.1) is 18.1 Å². The molecule has 0 bridgehead atoms. The maximum Gasteiger partial charge on any atom is 0.237 e. The number of hydrogen-bond donors (Lipinski definition) is 1. The number of nitrogen functional groups attached to an aromatic ring is 1. The zero-order valence-electron chi connectivity index (χ0n) is 9.27. The molecule has 4 heteroatoms. The van der Waals surface area contributed by atoms with Crippen molar-refractivity contribution >= 4 is 5.69 Å². The van der Waals surface area contributed by atoms with Gasteiger partial charge in [-0.05, 0) is 37.6 Å². The Kier molecular flexibility index (Phi) is 2.72. The minimum atomic E-state index is 0.485. The molecule has 2 N–H and O–H groups in total. The molecule has 0 spiro atoms. The van der Waals surface area contributed by atoms with Crippen LogP contribution < -0.4 is 10.5 Å². The van der Waals surface area contributed by atoms with Crippen LogP contribution in [0, 0.1) is 13.8 Å². The Balaban J connectivity index is 2.23. The second kappa shape index (κ2) is 4.18. The van der Waals surface area contributed by atoms with E-state index in [0.29, 0.717) is 5.88 Å². The molecule has 82 valence electrons. The molecule has 0 amide bonds. The number of anilines is 1. The number of rotatable bonds is 2. The lowest BCUT2D eigenvalue weighted by Gasteiger charge is -2.07. The van der Waals surface area contributed by atoms with Gasteiger partial charge < -0.3 is 10.5 Å². The van der Waals surface area contributed by atoms with Gasteiger partial charge in [0.1, 0.15) is 5.75 Å². The molecule has 0 saturated carbocycles. The van der Waals surface area contributed by atoms with Crippen LogP contribution in [0.5, 0.6) is 11.6 Å². The molecule has 2 rings (SSSR count). The van der Waals surface area contributed by atoms with Crippen molar-refractivity contribution < 1.29 is 4.74 Å². The van der Waals surface area contributed by atoms with Crippen LogP contribution in [0.1, 0.15) is 11.3 Å². The van der Waals surface area contributed by atoms with Crippen molar-refractivity contribution in [1.82, 2.24) is 9.97 Å². The minimum Gasteiger partial charge on any atom is -0.437 e. The number of benzene rings is 1. The fourth-order valence-electron chi connectivity index (χ4n) is 1.33. The zero-order chi connectivity index (χ0) is 11.5. The van der Waals surface area contributed by atoms with Gasteiger partial charge in [0, 0.05) is 5.69 Å². The van der Waals surface area contributed by atoms with Crippen LogP contribution in [0.3, 0.4) is 0 Å². The summed E-state index contributed by atoms with van der Waals surface area (Å²) in [4.78, 5) is 8.23. The van der Waals surface area contributed by atoms with Crippen molar-refractivity contribution in [3.05, 3.63) is 41.9 Å². The van der Waals surface area contributed by atoms with Crippen LogP contribution in [0.25, 0.3) is 0 Å². The second-order valence-electron chi connectivity index (χ2n) is 3.62. The fraction of sp³-hybridized carbons (Fsp3) is 0.167. The fourth-order valence-corrected chi connectivity index (χ4v) is 1.33. The molecule has 0 radical (unpaired) electrons. The van der Waals surface area contributed by atoms with Gasteiger partial charge in [-0.1, -0.05) is 0 Å². The number of nitrogens with two attached hydrogens (primary N) is 1. The highest BCUT2D eigenvalue weighted by Crippen LogP contribution is 2.24. The van der Waals surface area contributed by atoms with E-state index in [0.717, 1.165) is 22.7 Å². The SMILES string of the molecule is Cc1cnc(Oc2ccc(N)cc2C)cn1. The van der Waals surface area contributed by atoms with Crippen molar-refractivity contribution in [1.29, 1.82) is 0 Å². The van der Waals surface area contributed by atoms with Gasteiger partial charge in [0.25, 0.3) is 0 Å². The first-order chi connectivity index (χ1) is 7.65. The maximum atomic E-state index is 5.66. The normalized spacial score (nSPS) is 10.1. The average molecular weight is 215 g/mol. The summed E-state index contributed by atoms with van der Waals surface area (Å²) < 4.78 is 5.59. The van der Waals surface area contributed by atoms with Crippen LogP contribution in [-0.4, -0.2) is 9.97 Å². The minimum absolute atomic E-state index is 0.485. The lowest BCUT2D eigenvalue weighted by Crippen LogP contribution is -1.93.